The molecule has 0 saturated carbocycles. The van der Waals surface area contributed by atoms with Crippen LogP contribution in [-0.2, 0) is 24.8 Å². The van der Waals surface area contributed by atoms with Gasteiger partial charge in [-0.3, -0.25) is 0 Å². The average Bonchev–Trinajstić information content (AvgIpc) is 2.99. The molecule has 20 heavy (non-hydrogen) atoms. The third kappa shape index (κ3) is 2.50. The standard InChI is InChI=1S/C16H19FN2S/c1-16(18-2,10-11-5-3-6-12(17)9-11)15-19-13-7-4-8-14(13)20-15/h3,5-6,9,18H,4,7-8,10H2,1-2H3. The van der Waals surface area contributed by atoms with Crippen molar-refractivity contribution >= 4 is 11.3 Å². The summed E-state index contributed by atoms with van der Waals surface area (Å²) in [4.78, 5) is 6.25. The lowest BCUT2D eigenvalue weighted by atomic mass is 9.93. The van der Waals surface area contributed by atoms with Crippen LogP contribution in [0.25, 0.3) is 0 Å². The molecule has 1 N–H and O–H groups in total. The zero-order valence-corrected chi connectivity index (χ0v) is 12.7. The quantitative estimate of drug-likeness (QED) is 0.933. The van der Waals surface area contributed by atoms with E-state index < -0.39 is 0 Å². The largest absolute Gasteiger partial charge is 0.308 e. The maximum Gasteiger partial charge on any atom is 0.123 e. The number of nitrogens with zero attached hydrogens (tertiary/aromatic N) is 1. The summed E-state index contributed by atoms with van der Waals surface area (Å²) in [5, 5.41) is 4.50. The molecule has 3 rings (SSSR count). The highest BCUT2D eigenvalue weighted by Crippen LogP contribution is 2.34. The van der Waals surface area contributed by atoms with E-state index in [4.69, 9.17) is 4.98 Å². The Balaban J connectivity index is 1.89. The van der Waals surface area contributed by atoms with Crippen molar-refractivity contribution in [3.63, 3.8) is 0 Å². The summed E-state index contributed by atoms with van der Waals surface area (Å²) in [5.41, 5.74) is 2.03. The van der Waals surface area contributed by atoms with Gasteiger partial charge in [0.1, 0.15) is 10.8 Å². The van der Waals surface area contributed by atoms with E-state index in [1.54, 1.807) is 12.1 Å². The maximum atomic E-state index is 13.3. The van der Waals surface area contributed by atoms with Crippen molar-refractivity contribution in [2.24, 2.45) is 0 Å². The molecule has 1 heterocycles. The second-order valence-corrected chi connectivity index (χ2v) is 6.71. The summed E-state index contributed by atoms with van der Waals surface area (Å²) in [5.74, 6) is -0.178. The fourth-order valence-electron chi connectivity index (χ4n) is 2.75. The second kappa shape index (κ2) is 5.26. The first-order valence-corrected chi connectivity index (χ1v) is 7.85. The average molecular weight is 290 g/mol. The summed E-state index contributed by atoms with van der Waals surface area (Å²) < 4.78 is 13.3. The van der Waals surface area contributed by atoms with E-state index >= 15 is 0 Å². The van der Waals surface area contributed by atoms with E-state index in [0.29, 0.717) is 0 Å². The van der Waals surface area contributed by atoms with E-state index in [-0.39, 0.29) is 11.4 Å². The van der Waals surface area contributed by atoms with Gasteiger partial charge in [-0.2, -0.15) is 0 Å². The van der Waals surface area contributed by atoms with Crippen LogP contribution in [-0.4, -0.2) is 12.0 Å². The van der Waals surface area contributed by atoms with Gasteiger partial charge >= 0.3 is 0 Å². The summed E-state index contributed by atoms with van der Waals surface area (Å²) in [7, 11) is 1.95. The first-order chi connectivity index (χ1) is 9.60. The SMILES string of the molecule is CNC(C)(Cc1cccc(F)c1)c1nc2c(s1)CCC2. The number of likely N-dealkylation sites (N-methyl/N-ethyl adjacent to an activating group) is 1. The van der Waals surface area contributed by atoms with Gasteiger partial charge in [-0.15, -0.1) is 11.3 Å². The van der Waals surface area contributed by atoms with Crippen LogP contribution in [0.4, 0.5) is 4.39 Å². The van der Waals surface area contributed by atoms with Crippen LogP contribution in [0.15, 0.2) is 24.3 Å². The van der Waals surface area contributed by atoms with Crippen LogP contribution >= 0.6 is 11.3 Å². The van der Waals surface area contributed by atoms with Crippen molar-refractivity contribution in [1.82, 2.24) is 10.3 Å². The second-order valence-electron chi connectivity index (χ2n) is 5.63. The molecule has 0 bridgehead atoms. The molecule has 106 valence electrons. The van der Waals surface area contributed by atoms with E-state index in [1.807, 2.05) is 24.5 Å². The zero-order chi connectivity index (χ0) is 14.2. The molecule has 1 atom stereocenters. The number of thiazole rings is 1. The van der Waals surface area contributed by atoms with Gasteiger partial charge < -0.3 is 5.32 Å². The molecule has 0 amide bonds. The van der Waals surface area contributed by atoms with Gasteiger partial charge in [0.05, 0.1) is 11.2 Å². The first kappa shape index (κ1) is 13.7. The highest BCUT2D eigenvalue weighted by Gasteiger charge is 2.31. The molecule has 0 fully saturated rings. The zero-order valence-electron chi connectivity index (χ0n) is 11.9. The van der Waals surface area contributed by atoms with Gasteiger partial charge in [-0.25, -0.2) is 9.37 Å². The molecule has 1 aliphatic rings. The molecule has 2 nitrogen and oxygen atoms in total. The van der Waals surface area contributed by atoms with Crippen LogP contribution < -0.4 is 5.32 Å². The minimum Gasteiger partial charge on any atom is -0.308 e. The normalized spacial score (nSPS) is 16.9. The van der Waals surface area contributed by atoms with Gasteiger partial charge in [0.15, 0.2) is 0 Å². The Kier molecular flexibility index (Phi) is 3.61. The highest BCUT2D eigenvalue weighted by atomic mass is 32.1. The molecule has 0 spiro atoms. The highest BCUT2D eigenvalue weighted by molar-refractivity contribution is 7.12. The molecule has 1 aromatic heterocycles. The monoisotopic (exact) mass is 290 g/mol. The van der Waals surface area contributed by atoms with Crippen molar-refractivity contribution in [2.75, 3.05) is 7.05 Å². The lowest BCUT2D eigenvalue weighted by Gasteiger charge is -2.27. The number of benzene rings is 1. The molecule has 1 aromatic carbocycles. The predicted octanol–water partition coefficient (Wildman–Crippen LogP) is 3.45. The van der Waals surface area contributed by atoms with Gasteiger partial charge in [0.2, 0.25) is 0 Å². The molecular formula is C16H19FN2S. The number of aryl methyl sites for hydroxylation is 2. The minimum absolute atomic E-state index is 0.178. The number of rotatable bonds is 4. The number of hydrogen-bond donors (Lipinski definition) is 1. The van der Waals surface area contributed by atoms with Crippen molar-refractivity contribution in [1.29, 1.82) is 0 Å². The van der Waals surface area contributed by atoms with Gasteiger partial charge in [-0.05, 0) is 57.4 Å². The summed E-state index contributed by atoms with van der Waals surface area (Å²) in [6, 6.07) is 6.83. The maximum absolute atomic E-state index is 13.3. The van der Waals surface area contributed by atoms with Crippen LogP contribution in [0.1, 0.15) is 34.5 Å². The Morgan fingerprint density at radius 1 is 1.40 bits per heavy atom. The van der Waals surface area contributed by atoms with Crippen LogP contribution in [0.2, 0.25) is 0 Å². The molecule has 0 saturated heterocycles. The van der Waals surface area contributed by atoms with Gasteiger partial charge in [0, 0.05) is 4.88 Å². The number of fused-ring (bicyclic) bond motifs is 1. The summed E-state index contributed by atoms with van der Waals surface area (Å²) >= 11 is 1.81. The van der Waals surface area contributed by atoms with Gasteiger partial charge in [-0.1, -0.05) is 12.1 Å². The summed E-state index contributed by atoms with van der Waals surface area (Å²) in [6.45, 7) is 2.14. The number of aromatic nitrogens is 1. The molecule has 4 heteroatoms. The third-order valence-corrected chi connectivity index (χ3v) is 5.49. The van der Waals surface area contributed by atoms with Crippen molar-refractivity contribution < 1.29 is 4.39 Å². The number of halogens is 1. The van der Waals surface area contributed by atoms with E-state index in [1.165, 1.54) is 23.1 Å². The smallest absolute Gasteiger partial charge is 0.123 e. The fourth-order valence-corrected chi connectivity index (χ4v) is 4.05. The molecular weight excluding hydrogens is 271 g/mol. The lowest BCUT2D eigenvalue weighted by Crippen LogP contribution is -2.39. The Morgan fingerprint density at radius 2 is 2.25 bits per heavy atom. The molecule has 2 aromatic rings. The minimum atomic E-state index is -0.233. The fraction of sp³-hybridized carbons (Fsp3) is 0.438. The van der Waals surface area contributed by atoms with Crippen molar-refractivity contribution in [3.8, 4) is 0 Å². The molecule has 0 radical (unpaired) electrons. The summed E-state index contributed by atoms with van der Waals surface area (Å²) in [6.07, 6.45) is 4.24. The predicted molar refractivity (Wildman–Crippen MR) is 80.7 cm³/mol. The number of nitrogens with one attached hydrogen (secondary N) is 1. The van der Waals surface area contributed by atoms with E-state index in [2.05, 4.69) is 12.2 Å². The van der Waals surface area contributed by atoms with Crippen LogP contribution in [0, 0.1) is 5.82 Å². The van der Waals surface area contributed by atoms with Crippen molar-refractivity contribution in [3.05, 3.63) is 51.2 Å². The Hall–Kier alpha value is -1.26. The third-order valence-electron chi connectivity index (χ3n) is 4.07. The topological polar surface area (TPSA) is 24.9 Å². The Bertz CT molecular complexity index is 601. The molecule has 1 unspecified atom stereocenters. The van der Waals surface area contributed by atoms with Crippen molar-refractivity contribution in [2.45, 2.75) is 38.1 Å². The van der Waals surface area contributed by atoms with Crippen LogP contribution in [0.3, 0.4) is 0 Å². The lowest BCUT2D eigenvalue weighted by molar-refractivity contribution is 0.394. The first-order valence-electron chi connectivity index (χ1n) is 7.03. The molecule has 1 aliphatic carbocycles. The van der Waals surface area contributed by atoms with E-state index in [9.17, 15) is 4.39 Å². The Morgan fingerprint density at radius 3 is 2.95 bits per heavy atom. The number of hydrogen-bond acceptors (Lipinski definition) is 3. The molecule has 0 aliphatic heterocycles. The van der Waals surface area contributed by atoms with Gasteiger partial charge in [0.25, 0.3) is 0 Å². The Labute approximate surface area is 123 Å². The van der Waals surface area contributed by atoms with Crippen LogP contribution in [0.5, 0.6) is 0 Å². The van der Waals surface area contributed by atoms with E-state index in [0.717, 1.165) is 29.8 Å².